The number of methoxy groups -OCH3 is 2. The van der Waals surface area contributed by atoms with Crippen molar-refractivity contribution >= 4 is 0 Å². The van der Waals surface area contributed by atoms with Crippen molar-refractivity contribution in [2.75, 3.05) is 47.2 Å². The Hall–Kier alpha value is -2.64. The first-order chi connectivity index (χ1) is 14.1. The molecule has 0 unspecified atom stereocenters. The number of benzene rings is 2. The molecule has 29 heavy (non-hydrogen) atoms. The van der Waals surface area contributed by atoms with E-state index in [2.05, 4.69) is 22.8 Å². The predicted octanol–water partition coefficient (Wildman–Crippen LogP) is 2.76. The minimum atomic E-state index is 0.215. The van der Waals surface area contributed by atoms with Crippen LogP contribution in [0.15, 0.2) is 24.3 Å². The molecule has 2 aromatic carbocycles. The molecule has 0 amide bonds. The summed E-state index contributed by atoms with van der Waals surface area (Å²) in [6.45, 7) is 7.74. The fourth-order valence-corrected chi connectivity index (χ4v) is 3.88. The number of piperazine rings is 1. The van der Waals surface area contributed by atoms with Crippen LogP contribution < -0.4 is 18.9 Å². The van der Waals surface area contributed by atoms with Crippen LogP contribution in [-0.4, -0.2) is 62.1 Å². The Bertz CT molecular complexity index is 878. The highest BCUT2D eigenvalue weighted by atomic mass is 16.7. The molecule has 156 valence electrons. The molecule has 1 fully saturated rings. The molecule has 0 spiro atoms. The summed E-state index contributed by atoms with van der Waals surface area (Å²) in [7, 11) is 3.33. The number of aryl methyl sites for hydroxylation is 1. The summed E-state index contributed by atoms with van der Waals surface area (Å²) in [4.78, 5) is 4.81. The normalized spacial score (nSPS) is 16.8. The van der Waals surface area contributed by atoms with Gasteiger partial charge in [0.05, 0.1) is 14.2 Å². The second-order valence-electron chi connectivity index (χ2n) is 7.52. The third kappa shape index (κ3) is 4.21. The van der Waals surface area contributed by atoms with Gasteiger partial charge in [-0.2, -0.15) is 0 Å². The molecule has 0 radical (unpaired) electrons. The maximum atomic E-state index is 10.3. The molecule has 2 aromatic rings. The molecule has 2 aliphatic rings. The van der Waals surface area contributed by atoms with Crippen LogP contribution in [0.3, 0.4) is 0 Å². The van der Waals surface area contributed by atoms with Gasteiger partial charge in [-0.1, -0.05) is 0 Å². The summed E-state index contributed by atoms with van der Waals surface area (Å²) < 4.78 is 21.6. The first-order valence-electron chi connectivity index (χ1n) is 9.85. The average molecular weight is 400 g/mol. The molecule has 1 saturated heterocycles. The smallest absolute Gasteiger partial charge is 0.231 e. The zero-order chi connectivity index (χ0) is 20.4. The Morgan fingerprint density at radius 1 is 0.828 bits per heavy atom. The molecule has 0 aliphatic carbocycles. The van der Waals surface area contributed by atoms with Crippen LogP contribution in [0.25, 0.3) is 0 Å². The average Bonchev–Trinajstić information content (AvgIpc) is 3.17. The molecular formula is C22H28N2O5. The predicted molar refractivity (Wildman–Crippen MR) is 109 cm³/mol. The van der Waals surface area contributed by atoms with Crippen molar-refractivity contribution in [2.45, 2.75) is 20.0 Å². The van der Waals surface area contributed by atoms with Gasteiger partial charge in [0.25, 0.3) is 0 Å². The second-order valence-corrected chi connectivity index (χ2v) is 7.52. The number of ether oxygens (including phenoxy) is 4. The SMILES string of the molecule is COc1cc(C)c(CN2CCN(Cc3cc4c(cc3O)OCO4)CC2)cc1OC. The molecule has 2 heterocycles. The summed E-state index contributed by atoms with van der Waals surface area (Å²) in [5, 5.41) is 10.3. The van der Waals surface area contributed by atoms with E-state index in [1.54, 1.807) is 20.3 Å². The number of hydrogen-bond donors (Lipinski definition) is 1. The Morgan fingerprint density at radius 2 is 1.38 bits per heavy atom. The first kappa shape index (κ1) is 19.7. The molecule has 7 heteroatoms. The Kier molecular flexibility index (Phi) is 5.69. The number of rotatable bonds is 6. The van der Waals surface area contributed by atoms with Gasteiger partial charge < -0.3 is 24.1 Å². The molecule has 0 atom stereocenters. The largest absolute Gasteiger partial charge is 0.507 e. The van der Waals surface area contributed by atoms with Crippen molar-refractivity contribution in [1.82, 2.24) is 9.80 Å². The molecule has 2 aliphatic heterocycles. The quantitative estimate of drug-likeness (QED) is 0.800. The molecule has 1 N–H and O–H groups in total. The zero-order valence-corrected chi connectivity index (χ0v) is 17.2. The van der Waals surface area contributed by atoms with Crippen LogP contribution in [0.2, 0.25) is 0 Å². The highest BCUT2D eigenvalue weighted by Gasteiger charge is 2.22. The van der Waals surface area contributed by atoms with Gasteiger partial charge in [-0.05, 0) is 36.2 Å². The molecule has 4 rings (SSSR count). The fourth-order valence-electron chi connectivity index (χ4n) is 3.88. The number of phenols is 1. The van der Waals surface area contributed by atoms with Gasteiger partial charge in [-0.15, -0.1) is 0 Å². The summed E-state index contributed by atoms with van der Waals surface area (Å²) >= 11 is 0. The van der Waals surface area contributed by atoms with E-state index in [4.69, 9.17) is 18.9 Å². The van der Waals surface area contributed by atoms with Crippen LogP contribution in [-0.2, 0) is 13.1 Å². The van der Waals surface area contributed by atoms with Crippen molar-refractivity contribution in [2.24, 2.45) is 0 Å². The topological polar surface area (TPSA) is 63.6 Å². The first-order valence-corrected chi connectivity index (χ1v) is 9.85. The van der Waals surface area contributed by atoms with Crippen LogP contribution in [0.1, 0.15) is 16.7 Å². The van der Waals surface area contributed by atoms with Gasteiger partial charge in [-0.3, -0.25) is 9.80 Å². The highest BCUT2D eigenvalue weighted by Crippen LogP contribution is 2.38. The number of fused-ring (bicyclic) bond motifs is 1. The summed E-state index contributed by atoms with van der Waals surface area (Å²) in [6.07, 6.45) is 0. The van der Waals surface area contributed by atoms with E-state index in [0.717, 1.165) is 49.8 Å². The van der Waals surface area contributed by atoms with E-state index in [1.807, 2.05) is 12.1 Å². The van der Waals surface area contributed by atoms with Crippen LogP contribution in [0, 0.1) is 6.92 Å². The van der Waals surface area contributed by atoms with Crippen molar-refractivity contribution in [1.29, 1.82) is 0 Å². The van der Waals surface area contributed by atoms with Gasteiger partial charge >= 0.3 is 0 Å². The minimum absolute atomic E-state index is 0.215. The molecule has 0 saturated carbocycles. The molecule has 7 nitrogen and oxygen atoms in total. The maximum absolute atomic E-state index is 10.3. The number of aromatic hydroxyl groups is 1. The van der Waals surface area contributed by atoms with Crippen LogP contribution >= 0.6 is 0 Å². The van der Waals surface area contributed by atoms with Gasteiger partial charge in [0.2, 0.25) is 6.79 Å². The van der Waals surface area contributed by atoms with Crippen molar-refractivity contribution in [3.63, 3.8) is 0 Å². The number of phenolic OH excluding ortho intramolecular Hbond substituents is 1. The lowest BCUT2D eigenvalue weighted by molar-refractivity contribution is 0.121. The van der Waals surface area contributed by atoms with E-state index in [1.165, 1.54) is 11.1 Å². The third-order valence-electron chi connectivity index (χ3n) is 5.67. The second kappa shape index (κ2) is 8.39. The minimum Gasteiger partial charge on any atom is -0.507 e. The fraction of sp³-hybridized carbons (Fsp3) is 0.455. The summed E-state index contributed by atoms with van der Waals surface area (Å²) in [5.41, 5.74) is 3.33. The van der Waals surface area contributed by atoms with Gasteiger partial charge in [-0.25, -0.2) is 0 Å². The van der Waals surface area contributed by atoms with Crippen molar-refractivity contribution in [3.05, 3.63) is 41.0 Å². The van der Waals surface area contributed by atoms with Gasteiger partial charge in [0.15, 0.2) is 23.0 Å². The lowest BCUT2D eigenvalue weighted by Crippen LogP contribution is -2.45. The standard InChI is InChI=1S/C22H28N2O5/c1-15-8-19(26-2)20(27-3)9-16(15)12-23-4-6-24(7-5-23)13-17-10-21-22(11-18(17)25)29-14-28-21/h8-11,25H,4-7,12-14H2,1-3H3. The Balaban J connectivity index is 1.36. The monoisotopic (exact) mass is 400 g/mol. The van der Waals surface area contributed by atoms with E-state index < -0.39 is 0 Å². The number of nitrogens with zero attached hydrogens (tertiary/aromatic N) is 2. The van der Waals surface area contributed by atoms with E-state index >= 15 is 0 Å². The van der Waals surface area contributed by atoms with Gasteiger partial charge in [0, 0.05) is 50.9 Å². The third-order valence-corrected chi connectivity index (χ3v) is 5.67. The van der Waals surface area contributed by atoms with Crippen LogP contribution in [0.4, 0.5) is 0 Å². The van der Waals surface area contributed by atoms with Gasteiger partial charge in [0.1, 0.15) is 5.75 Å². The Morgan fingerprint density at radius 3 is 2.00 bits per heavy atom. The zero-order valence-electron chi connectivity index (χ0n) is 17.2. The molecule has 0 bridgehead atoms. The van der Waals surface area contributed by atoms with Crippen molar-refractivity contribution < 1.29 is 24.1 Å². The lowest BCUT2D eigenvalue weighted by atomic mass is 10.1. The lowest BCUT2D eigenvalue weighted by Gasteiger charge is -2.35. The Labute approximate surface area is 171 Å². The molecular weight excluding hydrogens is 372 g/mol. The van der Waals surface area contributed by atoms with Crippen molar-refractivity contribution in [3.8, 4) is 28.7 Å². The summed E-state index contributed by atoms with van der Waals surface area (Å²) in [6, 6.07) is 7.64. The number of hydrogen-bond acceptors (Lipinski definition) is 7. The summed E-state index contributed by atoms with van der Waals surface area (Å²) in [5.74, 6) is 3.12. The van der Waals surface area contributed by atoms with E-state index in [-0.39, 0.29) is 12.5 Å². The van der Waals surface area contributed by atoms with E-state index in [9.17, 15) is 5.11 Å². The van der Waals surface area contributed by atoms with Crippen LogP contribution in [0.5, 0.6) is 28.7 Å². The van der Waals surface area contributed by atoms with E-state index in [0.29, 0.717) is 18.0 Å². The highest BCUT2D eigenvalue weighted by molar-refractivity contribution is 5.51. The maximum Gasteiger partial charge on any atom is 0.231 e. The molecule has 0 aromatic heterocycles.